The number of rotatable bonds is 5. The van der Waals surface area contributed by atoms with E-state index in [9.17, 15) is 4.79 Å². The van der Waals surface area contributed by atoms with E-state index in [2.05, 4.69) is 29.6 Å². The molecule has 0 heterocycles. The summed E-state index contributed by atoms with van der Waals surface area (Å²) in [5, 5.41) is 3.28. The number of thioether (sulfide) groups is 1. The third kappa shape index (κ3) is 4.16. The van der Waals surface area contributed by atoms with Gasteiger partial charge in [0.25, 0.3) is 0 Å². The first-order chi connectivity index (χ1) is 10.8. The second-order valence-corrected chi connectivity index (χ2v) is 7.41. The van der Waals surface area contributed by atoms with Gasteiger partial charge < -0.3 is 5.32 Å². The van der Waals surface area contributed by atoms with E-state index in [0.717, 1.165) is 43.4 Å². The maximum atomic E-state index is 12.6. The molecule has 3 rings (SSSR count). The molecule has 1 saturated carbocycles. The van der Waals surface area contributed by atoms with Crippen molar-refractivity contribution in [3.05, 3.63) is 46.4 Å². The second kappa shape index (κ2) is 7.87. The summed E-state index contributed by atoms with van der Waals surface area (Å²) in [4.78, 5) is 13.9. The second-order valence-electron chi connectivity index (χ2n) is 6.34. The molecule has 2 aliphatic rings. The van der Waals surface area contributed by atoms with Crippen LogP contribution in [-0.4, -0.2) is 11.9 Å². The Hall–Kier alpha value is -1.22. The SMILES string of the molecule is O=C(NC1CCCCC1)C1=C(SCc2ccccc2)CCC1. The Morgan fingerprint density at radius 2 is 1.82 bits per heavy atom. The van der Waals surface area contributed by atoms with Gasteiger partial charge in [-0.05, 0) is 42.6 Å². The van der Waals surface area contributed by atoms with Crippen molar-refractivity contribution in [1.29, 1.82) is 0 Å². The Bertz CT molecular complexity index is 532. The summed E-state index contributed by atoms with van der Waals surface area (Å²) in [5.41, 5.74) is 2.39. The molecule has 0 radical (unpaired) electrons. The Labute approximate surface area is 137 Å². The van der Waals surface area contributed by atoms with E-state index in [1.54, 1.807) is 0 Å². The van der Waals surface area contributed by atoms with Crippen LogP contribution < -0.4 is 5.32 Å². The molecule has 0 saturated heterocycles. The predicted octanol–water partition coefficient (Wildman–Crippen LogP) is 4.81. The minimum Gasteiger partial charge on any atom is -0.350 e. The summed E-state index contributed by atoms with van der Waals surface area (Å²) in [6.07, 6.45) is 9.33. The van der Waals surface area contributed by atoms with Crippen molar-refractivity contribution < 1.29 is 4.79 Å². The molecule has 1 aromatic carbocycles. The monoisotopic (exact) mass is 315 g/mol. The van der Waals surface area contributed by atoms with Crippen molar-refractivity contribution in [2.45, 2.75) is 63.2 Å². The lowest BCUT2D eigenvalue weighted by Gasteiger charge is -2.23. The zero-order chi connectivity index (χ0) is 15.2. The van der Waals surface area contributed by atoms with Gasteiger partial charge in [0.2, 0.25) is 5.91 Å². The summed E-state index contributed by atoms with van der Waals surface area (Å²) in [6.45, 7) is 0. The van der Waals surface area contributed by atoms with Gasteiger partial charge in [-0.3, -0.25) is 4.79 Å². The molecule has 1 aromatic rings. The van der Waals surface area contributed by atoms with Crippen LogP contribution in [0.1, 0.15) is 56.9 Å². The fourth-order valence-electron chi connectivity index (χ4n) is 3.38. The average molecular weight is 315 g/mol. The predicted molar refractivity (Wildman–Crippen MR) is 93.6 cm³/mol. The zero-order valence-corrected chi connectivity index (χ0v) is 14.0. The Balaban J connectivity index is 1.58. The van der Waals surface area contributed by atoms with E-state index in [1.807, 2.05) is 17.8 Å². The van der Waals surface area contributed by atoms with Crippen molar-refractivity contribution in [3.8, 4) is 0 Å². The third-order valence-corrected chi connectivity index (χ3v) is 5.91. The lowest BCUT2D eigenvalue weighted by atomic mass is 9.95. The average Bonchev–Trinajstić information content (AvgIpc) is 3.03. The molecule has 118 valence electrons. The van der Waals surface area contributed by atoms with Crippen LogP contribution in [0.4, 0.5) is 0 Å². The molecule has 1 fully saturated rings. The van der Waals surface area contributed by atoms with E-state index in [4.69, 9.17) is 0 Å². The smallest absolute Gasteiger partial charge is 0.248 e. The molecule has 22 heavy (non-hydrogen) atoms. The first kappa shape index (κ1) is 15.7. The molecule has 0 bridgehead atoms. The fourth-order valence-corrected chi connectivity index (χ4v) is 4.57. The maximum absolute atomic E-state index is 12.6. The Morgan fingerprint density at radius 3 is 2.59 bits per heavy atom. The van der Waals surface area contributed by atoms with Crippen molar-refractivity contribution in [2.24, 2.45) is 0 Å². The maximum Gasteiger partial charge on any atom is 0.248 e. The molecule has 0 unspecified atom stereocenters. The highest BCUT2D eigenvalue weighted by molar-refractivity contribution is 8.02. The summed E-state index contributed by atoms with van der Waals surface area (Å²) in [6, 6.07) is 10.9. The molecule has 0 aromatic heterocycles. The van der Waals surface area contributed by atoms with Gasteiger partial charge >= 0.3 is 0 Å². The molecule has 1 N–H and O–H groups in total. The van der Waals surface area contributed by atoms with E-state index in [1.165, 1.54) is 29.7 Å². The molecule has 2 aliphatic carbocycles. The van der Waals surface area contributed by atoms with E-state index in [-0.39, 0.29) is 5.91 Å². The number of allylic oxidation sites excluding steroid dienone is 1. The highest BCUT2D eigenvalue weighted by atomic mass is 32.2. The van der Waals surface area contributed by atoms with Crippen molar-refractivity contribution >= 4 is 17.7 Å². The van der Waals surface area contributed by atoms with Crippen LogP contribution in [-0.2, 0) is 10.5 Å². The summed E-state index contributed by atoms with van der Waals surface area (Å²) < 4.78 is 0. The van der Waals surface area contributed by atoms with Crippen LogP contribution in [0.3, 0.4) is 0 Å². The summed E-state index contributed by atoms with van der Waals surface area (Å²) >= 11 is 1.85. The van der Waals surface area contributed by atoms with Crippen molar-refractivity contribution in [3.63, 3.8) is 0 Å². The number of hydrogen-bond donors (Lipinski definition) is 1. The van der Waals surface area contributed by atoms with Crippen LogP contribution >= 0.6 is 11.8 Å². The molecule has 0 aliphatic heterocycles. The van der Waals surface area contributed by atoms with Gasteiger partial charge in [0.15, 0.2) is 0 Å². The van der Waals surface area contributed by atoms with Gasteiger partial charge in [0.1, 0.15) is 0 Å². The topological polar surface area (TPSA) is 29.1 Å². The number of nitrogens with one attached hydrogen (secondary N) is 1. The molecule has 2 nitrogen and oxygen atoms in total. The van der Waals surface area contributed by atoms with Crippen molar-refractivity contribution in [1.82, 2.24) is 5.32 Å². The first-order valence-corrected chi connectivity index (χ1v) is 9.51. The minimum absolute atomic E-state index is 0.208. The fraction of sp³-hybridized carbons (Fsp3) is 0.526. The number of carbonyl (C=O) groups excluding carboxylic acids is 1. The van der Waals surface area contributed by atoms with Crippen molar-refractivity contribution in [2.75, 3.05) is 0 Å². The molecule has 0 spiro atoms. The normalized spacial score (nSPS) is 19.5. The van der Waals surface area contributed by atoms with Gasteiger partial charge in [-0.25, -0.2) is 0 Å². The number of benzene rings is 1. The lowest BCUT2D eigenvalue weighted by molar-refractivity contribution is -0.118. The van der Waals surface area contributed by atoms with E-state index < -0.39 is 0 Å². The van der Waals surface area contributed by atoms with E-state index in [0.29, 0.717) is 6.04 Å². The number of carbonyl (C=O) groups is 1. The first-order valence-electron chi connectivity index (χ1n) is 8.52. The van der Waals surface area contributed by atoms with Crippen LogP contribution in [0.5, 0.6) is 0 Å². The highest BCUT2D eigenvalue weighted by Gasteiger charge is 2.24. The van der Waals surface area contributed by atoms with Crippen LogP contribution in [0, 0.1) is 0 Å². The van der Waals surface area contributed by atoms with Crippen LogP contribution in [0.25, 0.3) is 0 Å². The Morgan fingerprint density at radius 1 is 1.05 bits per heavy atom. The minimum atomic E-state index is 0.208. The van der Waals surface area contributed by atoms with Gasteiger partial charge in [-0.15, -0.1) is 11.8 Å². The summed E-state index contributed by atoms with van der Waals surface area (Å²) in [7, 11) is 0. The van der Waals surface area contributed by atoms with Gasteiger partial charge in [0.05, 0.1) is 0 Å². The molecular formula is C19H25NOS. The van der Waals surface area contributed by atoms with Gasteiger partial charge in [-0.1, -0.05) is 49.6 Å². The largest absolute Gasteiger partial charge is 0.350 e. The zero-order valence-electron chi connectivity index (χ0n) is 13.1. The van der Waals surface area contributed by atoms with Gasteiger partial charge in [0, 0.05) is 17.4 Å². The highest BCUT2D eigenvalue weighted by Crippen LogP contribution is 2.36. The quantitative estimate of drug-likeness (QED) is 0.845. The van der Waals surface area contributed by atoms with Crippen LogP contribution in [0.2, 0.25) is 0 Å². The van der Waals surface area contributed by atoms with E-state index >= 15 is 0 Å². The van der Waals surface area contributed by atoms with Gasteiger partial charge in [-0.2, -0.15) is 0 Å². The number of amides is 1. The standard InChI is InChI=1S/C19H25NOS/c21-19(20-16-10-5-2-6-11-16)17-12-7-13-18(17)22-14-15-8-3-1-4-9-15/h1,3-4,8-9,16H,2,5-7,10-14H2,(H,20,21). The molecular weight excluding hydrogens is 290 g/mol. The lowest BCUT2D eigenvalue weighted by Crippen LogP contribution is -2.36. The Kier molecular flexibility index (Phi) is 5.60. The third-order valence-electron chi connectivity index (χ3n) is 4.64. The molecule has 3 heteroatoms. The van der Waals surface area contributed by atoms with Crippen LogP contribution in [0.15, 0.2) is 40.8 Å². The summed E-state index contributed by atoms with van der Waals surface area (Å²) in [5.74, 6) is 1.18. The molecule has 1 amide bonds. The molecule has 0 atom stereocenters. The number of hydrogen-bond acceptors (Lipinski definition) is 2.